The molecule has 0 aliphatic heterocycles. The van der Waals surface area contributed by atoms with Gasteiger partial charge in [-0.3, -0.25) is 4.79 Å². The minimum absolute atomic E-state index is 0.170. The van der Waals surface area contributed by atoms with Gasteiger partial charge in [0.2, 0.25) is 0 Å². The highest BCUT2D eigenvalue weighted by Crippen LogP contribution is 2.29. The van der Waals surface area contributed by atoms with Crippen LogP contribution in [0.4, 0.5) is 4.39 Å². The third-order valence-electron chi connectivity index (χ3n) is 2.92. The Morgan fingerprint density at radius 2 is 2.00 bits per heavy atom. The molecule has 2 rings (SSSR count). The fourth-order valence-electron chi connectivity index (χ4n) is 2.10. The summed E-state index contributed by atoms with van der Waals surface area (Å²) >= 11 is 2.03. The van der Waals surface area contributed by atoms with Crippen molar-refractivity contribution >= 4 is 28.4 Å². The number of rotatable bonds is 2. The van der Waals surface area contributed by atoms with Gasteiger partial charge in [0.1, 0.15) is 5.82 Å². The molecule has 0 heterocycles. The van der Waals surface area contributed by atoms with Crippen LogP contribution >= 0.6 is 22.6 Å². The van der Waals surface area contributed by atoms with Gasteiger partial charge in [-0.2, -0.15) is 0 Å². The van der Waals surface area contributed by atoms with Crippen molar-refractivity contribution in [3.63, 3.8) is 0 Å². The number of hydrogen-bond acceptors (Lipinski definition) is 1. The van der Waals surface area contributed by atoms with Crippen molar-refractivity contribution < 1.29 is 9.18 Å². The van der Waals surface area contributed by atoms with E-state index in [1.54, 1.807) is 6.07 Å². The maximum absolute atomic E-state index is 12.9. The zero-order valence-electron chi connectivity index (χ0n) is 8.30. The van der Waals surface area contributed by atoms with E-state index in [1.165, 1.54) is 12.1 Å². The number of hydrogen-bond donors (Lipinski definition) is 0. The first-order valence-electron chi connectivity index (χ1n) is 5.18. The van der Waals surface area contributed by atoms with E-state index in [4.69, 9.17) is 0 Å². The van der Waals surface area contributed by atoms with Crippen LogP contribution in [-0.2, 0) is 0 Å². The van der Waals surface area contributed by atoms with Crippen molar-refractivity contribution in [3.8, 4) is 0 Å². The molecule has 1 fully saturated rings. The third-order valence-corrected chi connectivity index (χ3v) is 3.82. The molecule has 1 saturated carbocycles. The van der Waals surface area contributed by atoms with Crippen LogP contribution in [0.1, 0.15) is 36.0 Å². The first kappa shape index (κ1) is 11.0. The second-order valence-corrected chi connectivity index (χ2v) is 5.13. The lowest BCUT2D eigenvalue weighted by atomic mass is 9.96. The average Bonchev–Trinajstić information content (AvgIpc) is 2.69. The molecule has 0 N–H and O–H groups in total. The Labute approximate surface area is 102 Å². The number of Topliss-reactive ketones (excluding diaryl/α,β-unsaturated/α-hetero) is 1. The van der Waals surface area contributed by atoms with Gasteiger partial charge in [-0.05, 0) is 53.6 Å². The molecule has 1 aliphatic carbocycles. The van der Waals surface area contributed by atoms with E-state index in [-0.39, 0.29) is 17.5 Å². The highest BCUT2D eigenvalue weighted by Gasteiger charge is 2.25. The molecule has 3 heteroatoms. The van der Waals surface area contributed by atoms with E-state index in [1.807, 2.05) is 22.6 Å². The van der Waals surface area contributed by atoms with Crippen LogP contribution in [0.5, 0.6) is 0 Å². The van der Waals surface area contributed by atoms with Crippen LogP contribution in [0.2, 0.25) is 0 Å². The summed E-state index contributed by atoms with van der Waals surface area (Å²) in [7, 11) is 0. The summed E-state index contributed by atoms with van der Waals surface area (Å²) in [6.45, 7) is 0. The van der Waals surface area contributed by atoms with Crippen molar-refractivity contribution in [1.29, 1.82) is 0 Å². The molecule has 0 bridgehead atoms. The standard InChI is InChI=1S/C12H12FIO/c13-9-5-6-10(11(14)7-9)12(15)8-3-1-2-4-8/h5-8H,1-4H2. The number of benzene rings is 1. The third kappa shape index (κ3) is 2.38. The molecular formula is C12H12FIO. The Balaban J connectivity index is 2.24. The summed E-state index contributed by atoms with van der Waals surface area (Å²) in [5.74, 6) is 0.0863. The molecule has 0 aromatic heterocycles. The van der Waals surface area contributed by atoms with Crippen LogP contribution in [0.3, 0.4) is 0 Å². The smallest absolute Gasteiger partial charge is 0.167 e. The summed E-state index contributed by atoms with van der Waals surface area (Å²) in [6.07, 6.45) is 4.28. The number of ketones is 1. The summed E-state index contributed by atoms with van der Waals surface area (Å²) in [5, 5.41) is 0. The van der Waals surface area contributed by atoms with Crippen molar-refractivity contribution in [2.75, 3.05) is 0 Å². The Bertz CT molecular complexity index is 383. The van der Waals surface area contributed by atoms with Crippen molar-refractivity contribution in [3.05, 3.63) is 33.1 Å². The largest absolute Gasteiger partial charge is 0.294 e. The molecule has 15 heavy (non-hydrogen) atoms. The van der Waals surface area contributed by atoms with Gasteiger partial charge < -0.3 is 0 Å². The van der Waals surface area contributed by atoms with E-state index in [2.05, 4.69) is 0 Å². The van der Waals surface area contributed by atoms with E-state index < -0.39 is 0 Å². The Kier molecular flexibility index (Phi) is 3.38. The van der Waals surface area contributed by atoms with Crippen LogP contribution in [0.25, 0.3) is 0 Å². The Morgan fingerprint density at radius 3 is 2.60 bits per heavy atom. The summed E-state index contributed by atoms with van der Waals surface area (Å²) in [4.78, 5) is 12.1. The summed E-state index contributed by atoms with van der Waals surface area (Å²) in [6, 6.07) is 4.39. The molecule has 0 spiro atoms. The van der Waals surface area contributed by atoms with Gasteiger partial charge in [0.05, 0.1) is 0 Å². The van der Waals surface area contributed by atoms with Crippen LogP contribution in [0.15, 0.2) is 18.2 Å². The molecule has 0 saturated heterocycles. The normalized spacial score (nSPS) is 16.9. The van der Waals surface area contributed by atoms with Crippen molar-refractivity contribution in [2.24, 2.45) is 5.92 Å². The fourth-order valence-corrected chi connectivity index (χ4v) is 2.84. The zero-order valence-corrected chi connectivity index (χ0v) is 10.5. The topological polar surface area (TPSA) is 17.1 Å². The van der Waals surface area contributed by atoms with Crippen molar-refractivity contribution in [2.45, 2.75) is 25.7 Å². The lowest BCUT2D eigenvalue weighted by molar-refractivity contribution is 0.0922. The molecule has 0 unspecified atom stereocenters. The number of halogens is 2. The monoisotopic (exact) mass is 318 g/mol. The van der Waals surface area contributed by atoms with E-state index >= 15 is 0 Å². The SMILES string of the molecule is O=C(c1ccc(F)cc1I)C1CCCC1. The van der Waals surface area contributed by atoms with Gasteiger partial charge in [-0.25, -0.2) is 4.39 Å². The zero-order chi connectivity index (χ0) is 10.8. The Morgan fingerprint density at radius 1 is 1.33 bits per heavy atom. The molecule has 1 aromatic rings. The first-order chi connectivity index (χ1) is 7.18. The van der Waals surface area contributed by atoms with Gasteiger partial charge in [-0.15, -0.1) is 0 Å². The van der Waals surface area contributed by atoms with Crippen LogP contribution < -0.4 is 0 Å². The summed E-state index contributed by atoms with van der Waals surface area (Å²) < 4.78 is 13.6. The van der Waals surface area contributed by atoms with E-state index in [9.17, 15) is 9.18 Å². The molecule has 0 amide bonds. The summed E-state index contributed by atoms with van der Waals surface area (Å²) in [5.41, 5.74) is 0.684. The van der Waals surface area contributed by atoms with Gasteiger partial charge in [-0.1, -0.05) is 12.8 Å². The Hall–Kier alpha value is -0.450. The maximum Gasteiger partial charge on any atom is 0.167 e. The van der Waals surface area contributed by atoms with E-state index in [0.29, 0.717) is 5.56 Å². The predicted octanol–water partition coefficient (Wildman–Crippen LogP) is 3.80. The second kappa shape index (κ2) is 4.60. The fraction of sp³-hybridized carbons (Fsp3) is 0.417. The molecular weight excluding hydrogens is 306 g/mol. The van der Waals surface area contributed by atoms with Gasteiger partial charge >= 0.3 is 0 Å². The quantitative estimate of drug-likeness (QED) is 0.599. The molecule has 1 aliphatic rings. The second-order valence-electron chi connectivity index (χ2n) is 3.97. The maximum atomic E-state index is 12.9. The first-order valence-corrected chi connectivity index (χ1v) is 6.25. The molecule has 1 nitrogen and oxygen atoms in total. The lowest BCUT2D eigenvalue weighted by Gasteiger charge is -2.09. The highest BCUT2D eigenvalue weighted by molar-refractivity contribution is 14.1. The van der Waals surface area contributed by atoms with Crippen molar-refractivity contribution in [1.82, 2.24) is 0 Å². The minimum Gasteiger partial charge on any atom is -0.294 e. The molecule has 1 aromatic carbocycles. The van der Waals surface area contributed by atoms with Gasteiger partial charge in [0, 0.05) is 15.1 Å². The highest BCUT2D eigenvalue weighted by atomic mass is 127. The number of carbonyl (C=O) groups is 1. The molecule has 0 atom stereocenters. The average molecular weight is 318 g/mol. The molecule has 80 valence electrons. The van der Waals surface area contributed by atoms with Crippen LogP contribution in [-0.4, -0.2) is 5.78 Å². The van der Waals surface area contributed by atoms with Gasteiger partial charge in [0.15, 0.2) is 5.78 Å². The molecule has 0 radical (unpaired) electrons. The number of carbonyl (C=O) groups excluding carboxylic acids is 1. The minimum atomic E-state index is -0.276. The van der Waals surface area contributed by atoms with Gasteiger partial charge in [0.25, 0.3) is 0 Å². The lowest BCUT2D eigenvalue weighted by Crippen LogP contribution is -2.12. The predicted molar refractivity (Wildman–Crippen MR) is 65.4 cm³/mol. The van der Waals surface area contributed by atoms with E-state index in [0.717, 1.165) is 29.3 Å². The van der Waals surface area contributed by atoms with Crippen LogP contribution in [0, 0.1) is 15.3 Å².